The first-order chi connectivity index (χ1) is 16.7. The molecule has 1 fully saturated rings. The van der Waals surface area contributed by atoms with Crippen LogP contribution in [0.3, 0.4) is 0 Å². The van der Waals surface area contributed by atoms with Crippen molar-refractivity contribution in [2.24, 2.45) is 0 Å². The van der Waals surface area contributed by atoms with Crippen LogP contribution in [0.25, 0.3) is 10.2 Å². The highest BCUT2D eigenvalue weighted by molar-refractivity contribution is 7.99. The number of thiophene rings is 1. The standard InChI is InChI=1S/C28H32N2O2S2/c1-2-17-30-27(32)25-22-11-7-4-8-12-24(22)34-26(25)29-28(30)33-18-23(31)21-15-13-20(14-16-21)19-9-5-3-6-10-19/h2,13-16,19H,1,3-12,17-18H2. The third-order valence-electron chi connectivity index (χ3n) is 7.24. The Balaban J connectivity index is 1.36. The molecule has 0 bridgehead atoms. The lowest BCUT2D eigenvalue weighted by atomic mass is 9.84. The SMILES string of the molecule is C=CCn1c(SCC(=O)c2ccc(C3CCCCC3)cc2)nc2sc3c(c2c1=O)CCCCC3. The Hall–Kier alpha value is -2.18. The van der Waals surface area contributed by atoms with Gasteiger partial charge in [0.1, 0.15) is 4.83 Å². The lowest BCUT2D eigenvalue weighted by Crippen LogP contribution is -2.23. The summed E-state index contributed by atoms with van der Waals surface area (Å²) in [6, 6.07) is 8.20. The van der Waals surface area contributed by atoms with E-state index in [0.29, 0.717) is 17.6 Å². The summed E-state index contributed by atoms with van der Waals surface area (Å²) in [5.41, 5.74) is 3.30. The van der Waals surface area contributed by atoms with E-state index in [9.17, 15) is 9.59 Å². The number of nitrogens with zero attached hydrogens (tertiary/aromatic N) is 2. The lowest BCUT2D eigenvalue weighted by Gasteiger charge is -2.22. The summed E-state index contributed by atoms with van der Waals surface area (Å²) in [4.78, 5) is 33.5. The number of thioether (sulfide) groups is 1. The number of fused-ring (bicyclic) bond motifs is 3. The molecule has 2 aliphatic carbocycles. The normalized spacial score (nSPS) is 16.8. The molecule has 3 aromatic rings. The smallest absolute Gasteiger partial charge is 0.263 e. The Kier molecular flexibility index (Phi) is 7.35. The van der Waals surface area contributed by atoms with Crippen molar-refractivity contribution in [2.45, 2.75) is 81.8 Å². The summed E-state index contributed by atoms with van der Waals surface area (Å²) in [5.74, 6) is 0.974. The van der Waals surface area contributed by atoms with Gasteiger partial charge in [0.05, 0.1) is 11.1 Å². The van der Waals surface area contributed by atoms with Crippen LogP contribution in [0.2, 0.25) is 0 Å². The van der Waals surface area contributed by atoms with Gasteiger partial charge >= 0.3 is 0 Å². The van der Waals surface area contributed by atoms with Crippen molar-refractivity contribution >= 4 is 39.1 Å². The van der Waals surface area contributed by atoms with E-state index in [1.54, 1.807) is 22.0 Å². The van der Waals surface area contributed by atoms with Crippen LogP contribution in [0.5, 0.6) is 0 Å². The number of benzene rings is 1. The van der Waals surface area contributed by atoms with Crippen LogP contribution in [-0.2, 0) is 19.4 Å². The van der Waals surface area contributed by atoms with Gasteiger partial charge in [-0.25, -0.2) is 4.98 Å². The van der Waals surface area contributed by atoms with Crippen LogP contribution < -0.4 is 5.56 Å². The minimum absolute atomic E-state index is 0.0103. The fraction of sp³-hybridized carbons (Fsp3) is 0.464. The molecule has 5 rings (SSSR count). The molecule has 0 radical (unpaired) electrons. The summed E-state index contributed by atoms with van der Waals surface area (Å²) in [7, 11) is 0. The predicted molar refractivity (Wildman–Crippen MR) is 143 cm³/mol. The van der Waals surface area contributed by atoms with Crippen molar-refractivity contribution in [3.05, 3.63) is 68.8 Å². The molecule has 6 heteroatoms. The minimum atomic E-state index is 0.0103. The van der Waals surface area contributed by atoms with Crippen LogP contribution in [0.1, 0.15) is 83.6 Å². The molecule has 2 heterocycles. The average Bonchev–Trinajstić information content (AvgIpc) is 3.06. The van der Waals surface area contributed by atoms with Gasteiger partial charge < -0.3 is 0 Å². The molecule has 1 aromatic carbocycles. The molecule has 0 atom stereocenters. The number of rotatable bonds is 7. The minimum Gasteiger partial charge on any atom is -0.293 e. The van der Waals surface area contributed by atoms with Crippen LogP contribution in [0.15, 0.2) is 46.9 Å². The molecule has 0 unspecified atom stereocenters. The molecule has 178 valence electrons. The molecular weight excluding hydrogens is 460 g/mol. The van der Waals surface area contributed by atoms with Crippen LogP contribution >= 0.6 is 23.1 Å². The van der Waals surface area contributed by atoms with Gasteiger partial charge in [-0.2, -0.15) is 0 Å². The molecule has 0 spiro atoms. The van der Waals surface area contributed by atoms with Crippen molar-refractivity contribution in [1.82, 2.24) is 9.55 Å². The summed E-state index contributed by atoms with van der Waals surface area (Å²) < 4.78 is 1.69. The summed E-state index contributed by atoms with van der Waals surface area (Å²) in [5, 5.41) is 1.40. The lowest BCUT2D eigenvalue weighted by molar-refractivity contribution is 0.102. The van der Waals surface area contributed by atoms with Gasteiger partial charge in [-0.3, -0.25) is 14.2 Å². The zero-order valence-electron chi connectivity index (χ0n) is 19.7. The Bertz CT molecular complexity index is 1250. The van der Waals surface area contributed by atoms with E-state index >= 15 is 0 Å². The van der Waals surface area contributed by atoms with Gasteiger partial charge in [0.2, 0.25) is 0 Å². The van der Waals surface area contributed by atoms with Crippen molar-refractivity contribution in [1.29, 1.82) is 0 Å². The Morgan fingerprint density at radius 3 is 2.59 bits per heavy atom. The Morgan fingerprint density at radius 1 is 1.09 bits per heavy atom. The van der Waals surface area contributed by atoms with E-state index in [0.717, 1.165) is 35.0 Å². The number of ketones is 1. The zero-order chi connectivity index (χ0) is 23.5. The van der Waals surface area contributed by atoms with E-state index in [1.165, 1.54) is 72.7 Å². The van der Waals surface area contributed by atoms with Gasteiger partial charge in [0.25, 0.3) is 5.56 Å². The van der Waals surface area contributed by atoms with E-state index in [2.05, 4.69) is 18.7 Å². The first kappa shape index (κ1) is 23.6. The molecule has 4 nitrogen and oxygen atoms in total. The van der Waals surface area contributed by atoms with E-state index < -0.39 is 0 Å². The highest BCUT2D eigenvalue weighted by atomic mass is 32.2. The van der Waals surface area contributed by atoms with Crippen LogP contribution in [-0.4, -0.2) is 21.1 Å². The first-order valence-electron chi connectivity index (χ1n) is 12.6. The number of hydrogen-bond acceptors (Lipinski definition) is 5. The van der Waals surface area contributed by atoms with Gasteiger partial charge in [-0.05, 0) is 55.6 Å². The van der Waals surface area contributed by atoms with Gasteiger partial charge in [-0.1, -0.05) is 67.8 Å². The molecule has 1 saturated carbocycles. The number of carbonyl (C=O) groups is 1. The number of aryl methyl sites for hydroxylation is 2. The van der Waals surface area contributed by atoms with E-state index in [4.69, 9.17) is 4.98 Å². The second kappa shape index (κ2) is 10.6. The third kappa shape index (κ3) is 4.80. The topological polar surface area (TPSA) is 52.0 Å². The zero-order valence-corrected chi connectivity index (χ0v) is 21.3. The van der Waals surface area contributed by atoms with Crippen LogP contribution in [0.4, 0.5) is 0 Å². The molecule has 0 aliphatic heterocycles. The van der Waals surface area contributed by atoms with Crippen molar-refractivity contribution in [3.63, 3.8) is 0 Å². The number of allylic oxidation sites excluding steroid dienone is 1. The van der Waals surface area contributed by atoms with Crippen molar-refractivity contribution in [3.8, 4) is 0 Å². The largest absolute Gasteiger partial charge is 0.293 e. The third-order valence-corrected chi connectivity index (χ3v) is 9.41. The Morgan fingerprint density at radius 2 is 1.82 bits per heavy atom. The molecule has 2 aliphatic rings. The molecular formula is C28H32N2O2S2. The maximum atomic E-state index is 13.5. The predicted octanol–water partition coefficient (Wildman–Crippen LogP) is 6.94. The maximum absolute atomic E-state index is 13.5. The van der Waals surface area contributed by atoms with Gasteiger partial charge in [-0.15, -0.1) is 17.9 Å². The number of aromatic nitrogens is 2. The average molecular weight is 493 g/mol. The fourth-order valence-corrected chi connectivity index (χ4v) is 7.59. The van der Waals surface area contributed by atoms with Gasteiger partial charge in [0.15, 0.2) is 10.9 Å². The van der Waals surface area contributed by atoms with E-state index in [-0.39, 0.29) is 17.1 Å². The monoisotopic (exact) mass is 492 g/mol. The summed E-state index contributed by atoms with van der Waals surface area (Å²) >= 11 is 3.03. The summed E-state index contributed by atoms with van der Waals surface area (Å²) in [6.07, 6.45) is 13.7. The highest BCUT2D eigenvalue weighted by Gasteiger charge is 2.22. The second-order valence-corrected chi connectivity index (χ2v) is 11.5. The van der Waals surface area contributed by atoms with Crippen molar-refractivity contribution in [2.75, 3.05) is 5.75 Å². The highest BCUT2D eigenvalue weighted by Crippen LogP contribution is 2.35. The number of carbonyl (C=O) groups excluding carboxylic acids is 1. The van der Waals surface area contributed by atoms with Gasteiger partial charge in [0, 0.05) is 17.0 Å². The molecule has 0 saturated heterocycles. The quantitative estimate of drug-likeness (QED) is 0.118. The van der Waals surface area contributed by atoms with E-state index in [1.807, 2.05) is 12.1 Å². The second-order valence-electron chi connectivity index (χ2n) is 9.51. The molecule has 2 aromatic heterocycles. The molecule has 0 N–H and O–H groups in total. The Labute approximate surface area is 209 Å². The number of Topliss-reactive ketones (excluding diaryl/α,β-unsaturated/α-hetero) is 1. The first-order valence-corrected chi connectivity index (χ1v) is 14.4. The maximum Gasteiger partial charge on any atom is 0.263 e. The van der Waals surface area contributed by atoms with Crippen molar-refractivity contribution < 1.29 is 4.79 Å². The van der Waals surface area contributed by atoms with Crippen LogP contribution in [0, 0.1) is 0 Å². The number of hydrogen-bond donors (Lipinski definition) is 0. The fourth-order valence-electron chi connectivity index (χ4n) is 5.39. The molecule has 34 heavy (non-hydrogen) atoms. The molecule has 0 amide bonds. The summed E-state index contributed by atoms with van der Waals surface area (Å²) in [6.45, 7) is 4.24.